The van der Waals surface area contributed by atoms with Crippen molar-refractivity contribution in [1.82, 2.24) is 20.2 Å². The highest BCUT2D eigenvalue weighted by Gasteiger charge is 2.52. The number of amides is 3. The fraction of sp³-hybridized carbons (Fsp3) is 0.407. The van der Waals surface area contributed by atoms with Crippen molar-refractivity contribution in [2.24, 2.45) is 5.92 Å². The van der Waals surface area contributed by atoms with E-state index in [9.17, 15) is 14.4 Å². The second-order valence-corrected chi connectivity index (χ2v) is 9.95. The van der Waals surface area contributed by atoms with Gasteiger partial charge in [0.15, 0.2) is 0 Å². The molecule has 0 aliphatic carbocycles. The highest BCUT2D eigenvalue weighted by atomic mass is 16.2. The van der Waals surface area contributed by atoms with Crippen molar-refractivity contribution in [1.29, 1.82) is 0 Å². The summed E-state index contributed by atoms with van der Waals surface area (Å²) in [5.74, 6) is 0.748. The number of aromatic nitrogens is 2. The zero-order valence-corrected chi connectivity index (χ0v) is 20.4. The van der Waals surface area contributed by atoms with E-state index < -0.39 is 5.66 Å². The van der Waals surface area contributed by atoms with Gasteiger partial charge in [0.2, 0.25) is 11.8 Å². The van der Waals surface area contributed by atoms with Crippen molar-refractivity contribution in [3.05, 3.63) is 59.9 Å². The number of benzene rings is 2. The van der Waals surface area contributed by atoms with Gasteiger partial charge in [-0.2, -0.15) is 0 Å². The largest absolute Gasteiger partial charge is 0.346 e. The lowest BCUT2D eigenvalue weighted by Gasteiger charge is -2.48. The Bertz CT molecular complexity index is 1270. The van der Waals surface area contributed by atoms with Crippen molar-refractivity contribution in [2.45, 2.75) is 58.2 Å². The van der Waals surface area contributed by atoms with Crippen LogP contribution in [0, 0.1) is 5.92 Å². The molecule has 2 aliphatic heterocycles. The number of rotatable bonds is 7. The first-order chi connectivity index (χ1) is 16.8. The number of carbonyl (C=O) groups is 3. The second-order valence-electron chi connectivity index (χ2n) is 9.95. The summed E-state index contributed by atoms with van der Waals surface area (Å²) in [6.45, 7) is 6.45. The minimum atomic E-state index is -0.701. The number of anilines is 1. The molecule has 3 amide bonds. The SMILES string of the molecule is CC(C)[C@H](NC(=O)CCCN1C(=O)c2ccccc2N2C(=O)CCC12C)c1nc2ccccc2[nH]1. The zero-order valence-electron chi connectivity index (χ0n) is 20.4. The normalized spacial score (nSPS) is 20.3. The number of H-pyrrole nitrogens is 1. The maximum absolute atomic E-state index is 13.4. The summed E-state index contributed by atoms with van der Waals surface area (Å²) in [5, 5.41) is 3.12. The molecule has 2 aliphatic rings. The number of hydrogen-bond donors (Lipinski definition) is 2. The number of aromatic amines is 1. The quantitative estimate of drug-likeness (QED) is 0.538. The zero-order chi connectivity index (χ0) is 24.7. The van der Waals surface area contributed by atoms with E-state index in [-0.39, 0.29) is 36.1 Å². The number of carbonyl (C=O) groups excluding carboxylic acids is 3. The molecule has 1 unspecified atom stereocenters. The van der Waals surface area contributed by atoms with Crippen LogP contribution in [0.15, 0.2) is 48.5 Å². The van der Waals surface area contributed by atoms with Gasteiger partial charge in [0.05, 0.1) is 28.3 Å². The van der Waals surface area contributed by atoms with E-state index in [1.807, 2.05) is 49.4 Å². The molecule has 35 heavy (non-hydrogen) atoms. The molecular weight excluding hydrogens is 442 g/mol. The first-order valence-corrected chi connectivity index (χ1v) is 12.3. The van der Waals surface area contributed by atoms with Gasteiger partial charge in [-0.25, -0.2) is 4.98 Å². The van der Waals surface area contributed by atoms with Crippen LogP contribution in [0.4, 0.5) is 5.69 Å². The van der Waals surface area contributed by atoms with E-state index in [0.29, 0.717) is 37.1 Å². The minimum absolute atomic E-state index is 0.0285. The third-order valence-electron chi connectivity index (χ3n) is 7.22. The van der Waals surface area contributed by atoms with Gasteiger partial charge >= 0.3 is 0 Å². The Labute approximate surface area is 204 Å². The van der Waals surface area contributed by atoms with Gasteiger partial charge < -0.3 is 15.2 Å². The predicted octanol–water partition coefficient (Wildman–Crippen LogP) is 4.16. The molecule has 0 bridgehead atoms. The lowest BCUT2D eigenvalue weighted by molar-refractivity contribution is -0.122. The predicted molar refractivity (Wildman–Crippen MR) is 134 cm³/mol. The lowest BCUT2D eigenvalue weighted by atomic mass is 9.97. The van der Waals surface area contributed by atoms with Crippen LogP contribution < -0.4 is 10.2 Å². The summed E-state index contributed by atoms with van der Waals surface area (Å²) < 4.78 is 0. The van der Waals surface area contributed by atoms with Crippen LogP contribution in [0.2, 0.25) is 0 Å². The molecule has 2 aromatic carbocycles. The second kappa shape index (κ2) is 8.83. The molecule has 8 heteroatoms. The number of nitrogens with zero attached hydrogens (tertiary/aromatic N) is 3. The maximum atomic E-state index is 13.4. The Balaban J connectivity index is 1.27. The molecule has 3 heterocycles. The van der Waals surface area contributed by atoms with Gasteiger partial charge in [-0.05, 0) is 49.9 Å². The van der Waals surface area contributed by atoms with Crippen LogP contribution in [0.25, 0.3) is 11.0 Å². The van der Waals surface area contributed by atoms with Gasteiger partial charge in [0, 0.05) is 19.4 Å². The number of imidazole rings is 1. The van der Waals surface area contributed by atoms with Gasteiger partial charge in [-0.15, -0.1) is 0 Å². The van der Waals surface area contributed by atoms with E-state index in [4.69, 9.17) is 0 Å². The van der Waals surface area contributed by atoms with E-state index in [1.165, 1.54) is 0 Å². The maximum Gasteiger partial charge on any atom is 0.257 e. The van der Waals surface area contributed by atoms with E-state index >= 15 is 0 Å². The van der Waals surface area contributed by atoms with Crippen molar-refractivity contribution in [3.63, 3.8) is 0 Å². The molecule has 2 atom stereocenters. The van der Waals surface area contributed by atoms with E-state index in [0.717, 1.165) is 16.9 Å². The third-order valence-corrected chi connectivity index (χ3v) is 7.22. The molecule has 0 radical (unpaired) electrons. The highest BCUT2D eigenvalue weighted by Crippen LogP contribution is 2.44. The van der Waals surface area contributed by atoms with Crippen LogP contribution in [-0.4, -0.2) is 44.8 Å². The van der Waals surface area contributed by atoms with Crippen molar-refractivity contribution in [3.8, 4) is 0 Å². The summed E-state index contributed by atoms with van der Waals surface area (Å²) in [6, 6.07) is 14.8. The van der Waals surface area contributed by atoms with Crippen LogP contribution in [0.3, 0.4) is 0 Å². The highest BCUT2D eigenvalue weighted by molar-refractivity contribution is 6.10. The van der Waals surface area contributed by atoms with Gasteiger partial charge in [0.1, 0.15) is 11.5 Å². The van der Waals surface area contributed by atoms with Gasteiger partial charge in [-0.1, -0.05) is 38.1 Å². The number of nitrogens with one attached hydrogen (secondary N) is 2. The van der Waals surface area contributed by atoms with Crippen LogP contribution in [-0.2, 0) is 9.59 Å². The van der Waals surface area contributed by atoms with Crippen LogP contribution >= 0.6 is 0 Å². The smallest absolute Gasteiger partial charge is 0.257 e. The molecule has 182 valence electrons. The van der Waals surface area contributed by atoms with Crippen LogP contribution in [0.5, 0.6) is 0 Å². The summed E-state index contributed by atoms with van der Waals surface area (Å²) in [7, 11) is 0. The summed E-state index contributed by atoms with van der Waals surface area (Å²) in [6.07, 6.45) is 1.77. The molecule has 8 nitrogen and oxygen atoms in total. The average Bonchev–Trinajstić information content (AvgIpc) is 3.40. The molecule has 1 saturated heterocycles. The van der Waals surface area contributed by atoms with Crippen LogP contribution in [0.1, 0.15) is 68.7 Å². The van der Waals surface area contributed by atoms with Gasteiger partial charge in [-0.3, -0.25) is 19.3 Å². The molecule has 2 N–H and O–H groups in total. The summed E-state index contributed by atoms with van der Waals surface area (Å²) in [4.78, 5) is 50.5. The first-order valence-electron chi connectivity index (χ1n) is 12.3. The minimum Gasteiger partial charge on any atom is -0.346 e. The lowest BCUT2D eigenvalue weighted by Crippen LogP contribution is -2.62. The Morgan fingerprint density at radius 1 is 1.14 bits per heavy atom. The number of hydrogen-bond acceptors (Lipinski definition) is 4. The molecule has 5 rings (SSSR count). The topological polar surface area (TPSA) is 98.4 Å². The standard InChI is InChI=1S/C27H31N5O3/c1-17(2)24(25-28-19-10-5-6-11-20(19)29-25)30-22(33)13-8-16-31-26(35)18-9-4-7-12-21(18)32-23(34)14-15-27(31,32)3/h4-7,9-12,17,24H,8,13-16H2,1-3H3,(H,28,29)(H,30,33)/t24-,27?/m0/s1. The monoisotopic (exact) mass is 473 g/mol. The fourth-order valence-electron chi connectivity index (χ4n) is 5.36. The molecule has 3 aromatic rings. The number of para-hydroxylation sites is 3. The number of fused-ring (bicyclic) bond motifs is 4. The molecular formula is C27H31N5O3. The average molecular weight is 474 g/mol. The van der Waals surface area contributed by atoms with Crippen molar-refractivity contribution in [2.75, 3.05) is 11.4 Å². The third kappa shape index (κ3) is 3.96. The summed E-state index contributed by atoms with van der Waals surface area (Å²) in [5.41, 5.74) is 2.33. The van der Waals surface area contributed by atoms with Crippen molar-refractivity contribution < 1.29 is 14.4 Å². The molecule has 0 spiro atoms. The Morgan fingerprint density at radius 2 is 1.89 bits per heavy atom. The fourth-order valence-corrected chi connectivity index (χ4v) is 5.36. The molecule has 1 aromatic heterocycles. The first kappa shape index (κ1) is 23.1. The van der Waals surface area contributed by atoms with E-state index in [1.54, 1.807) is 15.9 Å². The summed E-state index contributed by atoms with van der Waals surface area (Å²) >= 11 is 0. The van der Waals surface area contributed by atoms with Crippen molar-refractivity contribution >= 4 is 34.4 Å². The Morgan fingerprint density at radius 3 is 2.66 bits per heavy atom. The van der Waals surface area contributed by atoms with Gasteiger partial charge in [0.25, 0.3) is 5.91 Å². The van der Waals surface area contributed by atoms with E-state index in [2.05, 4.69) is 29.1 Å². The Hall–Kier alpha value is -3.68. The molecule has 1 fully saturated rings. The molecule has 0 saturated carbocycles. The Kier molecular flexibility index (Phi) is 5.83.